The second-order valence-corrected chi connectivity index (χ2v) is 5.09. The minimum absolute atomic E-state index is 0.241. The summed E-state index contributed by atoms with van der Waals surface area (Å²) in [5, 5.41) is 14.5. The minimum Gasteiger partial charge on any atom is -0.478 e. The van der Waals surface area contributed by atoms with Crippen LogP contribution in [0.3, 0.4) is 0 Å². The average Bonchev–Trinajstić information content (AvgIpc) is 2.58. The van der Waals surface area contributed by atoms with E-state index in [9.17, 15) is 4.79 Å². The monoisotopic (exact) mass is 298 g/mol. The van der Waals surface area contributed by atoms with Crippen LogP contribution in [0.1, 0.15) is 27.3 Å². The van der Waals surface area contributed by atoms with E-state index in [0.29, 0.717) is 28.0 Å². The number of hydrogen-bond donors (Lipinski definition) is 1. The quantitative estimate of drug-likeness (QED) is 0.943. The number of nitrogens with zero attached hydrogens (tertiary/aromatic N) is 2. The van der Waals surface area contributed by atoms with E-state index in [4.69, 9.17) is 28.3 Å². The summed E-state index contributed by atoms with van der Waals surface area (Å²) in [4.78, 5) is 11.1. The highest BCUT2D eigenvalue weighted by molar-refractivity contribution is 6.35. The molecule has 1 N–H and O–H groups in total. The van der Waals surface area contributed by atoms with Gasteiger partial charge in [-0.25, -0.2) is 4.79 Å². The Bertz CT molecular complexity index is 650. The highest BCUT2D eigenvalue weighted by Crippen LogP contribution is 2.23. The van der Waals surface area contributed by atoms with Crippen LogP contribution < -0.4 is 0 Å². The maximum atomic E-state index is 11.1. The van der Waals surface area contributed by atoms with E-state index in [2.05, 4.69) is 5.10 Å². The van der Waals surface area contributed by atoms with Gasteiger partial charge in [0, 0.05) is 10.0 Å². The highest BCUT2D eigenvalue weighted by atomic mass is 35.5. The summed E-state index contributed by atoms with van der Waals surface area (Å²) < 4.78 is 1.63. The third-order valence-corrected chi connectivity index (χ3v) is 3.52. The van der Waals surface area contributed by atoms with Gasteiger partial charge < -0.3 is 5.11 Å². The first kappa shape index (κ1) is 13.9. The summed E-state index contributed by atoms with van der Waals surface area (Å²) in [6.45, 7) is 3.82. The van der Waals surface area contributed by atoms with E-state index in [1.54, 1.807) is 30.7 Å². The van der Waals surface area contributed by atoms with E-state index in [0.717, 1.165) is 5.56 Å². The fourth-order valence-corrected chi connectivity index (χ4v) is 2.44. The average molecular weight is 299 g/mol. The van der Waals surface area contributed by atoms with Crippen molar-refractivity contribution < 1.29 is 9.90 Å². The van der Waals surface area contributed by atoms with E-state index in [1.807, 2.05) is 6.07 Å². The van der Waals surface area contributed by atoms with Gasteiger partial charge in [-0.1, -0.05) is 29.3 Å². The smallest absolute Gasteiger partial charge is 0.339 e. The first-order valence-electron chi connectivity index (χ1n) is 5.61. The number of carboxylic acids is 1. The number of halogens is 2. The molecule has 2 rings (SSSR count). The lowest BCUT2D eigenvalue weighted by atomic mass is 10.2. The molecule has 4 nitrogen and oxygen atoms in total. The summed E-state index contributed by atoms with van der Waals surface area (Å²) in [5.74, 6) is -0.969. The second-order valence-electron chi connectivity index (χ2n) is 4.24. The largest absolute Gasteiger partial charge is 0.478 e. The highest BCUT2D eigenvalue weighted by Gasteiger charge is 2.18. The van der Waals surface area contributed by atoms with Gasteiger partial charge in [-0.3, -0.25) is 4.68 Å². The number of carboxylic acid groups (broad SMARTS) is 1. The maximum absolute atomic E-state index is 11.1. The van der Waals surface area contributed by atoms with Crippen LogP contribution >= 0.6 is 23.2 Å². The number of rotatable bonds is 3. The van der Waals surface area contributed by atoms with E-state index in [1.165, 1.54) is 0 Å². The predicted octanol–water partition coefficient (Wildman–Crippen LogP) is 3.55. The molecular weight excluding hydrogens is 287 g/mol. The van der Waals surface area contributed by atoms with Crippen molar-refractivity contribution in [1.82, 2.24) is 9.78 Å². The van der Waals surface area contributed by atoms with Crippen LogP contribution in [0.2, 0.25) is 10.0 Å². The molecule has 0 fully saturated rings. The Balaban J connectivity index is 2.39. The molecule has 100 valence electrons. The van der Waals surface area contributed by atoms with Crippen molar-refractivity contribution in [3.05, 3.63) is 50.8 Å². The molecule has 0 spiro atoms. The van der Waals surface area contributed by atoms with E-state index >= 15 is 0 Å². The molecule has 0 aliphatic carbocycles. The van der Waals surface area contributed by atoms with Gasteiger partial charge in [0.25, 0.3) is 0 Å². The summed E-state index contributed by atoms with van der Waals surface area (Å²) >= 11 is 11.9. The molecule has 1 aromatic heterocycles. The fraction of sp³-hybridized carbons (Fsp3) is 0.231. The van der Waals surface area contributed by atoms with Gasteiger partial charge in [0.15, 0.2) is 0 Å². The third-order valence-electron chi connectivity index (χ3n) is 2.93. The zero-order valence-corrected chi connectivity index (χ0v) is 12.0. The molecule has 0 atom stereocenters. The first-order chi connectivity index (χ1) is 8.90. The van der Waals surface area contributed by atoms with Gasteiger partial charge in [0.05, 0.1) is 17.9 Å². The molecular formula is C13H12Cl2N2O2. The molecule has 0 aliphatic heterocycles. The molecule has 6 heteroatoms. The topological polar surface area (TPSA) is 55.1 Å². The lowest BCUT2D eigenvalue weighted by Gasteiger charge is -2.07. The molecule has 1 heterocycles. The van der Waals surface area contributed by atoms with E-state index < -0.39 is 5.97 Å². The Morgan fingerprint density at radius 2 is 2.05 bits per heavy atom. The lowest BCUT2D eigenvalue weighted by molar-refractivity contribution is 0.0695. The Hall–Kier alpha value is -1.52. The molecule has 0 saturated heterocycles. The fourth-order valence-electron chi connectivity index (χ4n) is 1.97. The van der Waals surface area contributed by atoms with Gasteiger partial charge in [-0.05, 0) is 31.5 Å². The first-order valence-corrected chi connectivity index (χ1v) is 6.37. The van der Waals surface area contributed by atoms with Crippen molar-refractivity contribution in [2.75, 3.05) is 0 Å². The Labute approximate surface area is 120 Å². The molecule has 0 bridgehead atoms. The molecule has 0 amide bonds. The number of benzene rings is 1. The van der Waals surface area contributed by atoms with Gasteiger partial charge in [0.1, 0.15) is 5.56 Å². The normalized spacial score (nSPS) is 10.7. The lowest BCUT2D eigenvalue weighted by Crippen LogP contribution is -2.06. The number of aryl methyl sites for hydroxylation is 1. The van der Waals surface area contributed by atoms with Crippen LogP contribution in [-0.2, 0) is 6.54 Å². The van der Waals surface area contributed by atoms with Gasteiger partial charge in [-0.2, -0.15) is 5.10 Å². The van der Waals surface area contributed by atoms with Crippen molar-refractivity contribution in [3.8, 4) is 0 Å². The minimum atomic E-state index is -0.969. The van der Waals surface area contributed by atoms with Gasteiger partial charge >= 0.3 is 5.97 Å². The molecule has 1 aromatic carbocycles. The van der Waals surface area contributed by atoms with Crippen LogP contribution in [0.15, 0.2) is 18.2 Å². The third kappa shape index (κ3) is 2.74. The molecule has 0 saturated carbocycles. The van der Waals surface area contributed by atoms with Gasteiger partial charge in [-0.15, -0.1) is 0 Å². The van der Waals surface area contributed by atoms with Crippen LogP contribution in [0.25, 0.3) is 0 Å². The van der Waals surface area contributed by atoms with E-state index in [-0.39, 0.29) is 5.56 Å². The number of aromatic carboxylic acids is 1. The Kier molecular flexibility index (Phi) is 3.83. The number of carbonyl (C=O) groups is 1. The Morgan fingerprint density at radius 3 is 2.58 bits per heavy atom. The van der Waals surface area contributed by atoms with Crippen LogP contribution in [0.4, 0.5) is 0 Å². The summed E-state index contributed by atoms with van der Waals surface area (Å²) in [7, 11) is 0. The van der Waals surface area contributed by atoms with Crippen molar-refractivity contribution in [2.45, 2.75) is 20.4 Å². The van der Waals surface area contributed by atoms with Crippen molar-refractivity contribution in [2.24, 2.45) is 0 Å². The SMILES string of the molecule is Cc1nn(Cc2ccc(Cl)cc2Cl)c(C)c1C(=O)O. The van der Waals surface area contributed by atoms with Crippen LogP contribution in [-0.4, -0.2) is 20.9 Å². The van der Waals surface area contributed by atoms with Crippen molar-refractivity contribution in [3.63, 3.8) is 0 Å². The number of aromatic nitrogens is 2. The summed E-state index contributed by atoms with van der Waals surface area (Å²) in [6, 6.07) is 5.20. The second kappa shape index (κ2) is 5.23. The standard InChI is InChI=1S/C13H12Cl2N2O2/c1-7-12(13(18)19)8(2)17(16-7)6-9-3-4-10(14)5-11(9)15/h3-5H,6H2,1-2H3,(H,18,19). The molecule has 0 unspecified atom stereocenters. The predicted molar refractivity (Wildman–Crippen MR) is 74.2 cm³/mol. The number of hydrogen-bond acceptors (Lipinski definition) is 2. The molecule has 0 aliphatic rings. The molecule has 2 aromatic rings. The zero-order chi connectivity index (χ0) is 14.2. The molecule has 19 heavy (non-hydrogen) atoms. The zero-order valence-electron chi connectivity index (χ0n) is 10.4. The van der Waals surface area contributed by atoms with Crippen molar-refractivity contribution in [1.29, 1.82) is 0 Å². The summed E-state index contributed by atoms with van der Waals surface area (Å²) in [6.07, 6.45) is 0. The van der Waals surface area contributed by atoms with Crippen LogP contribution in [0.5, 0.6) is 0 Å². The maximum Gasteiger partial charge on any atom is 0.339 e. The van der Waals surface area contributed by atoms with Crippen molar-refractivity contribution >= 4 is 29.2 Å². The van der Waals surface area contributed by atoms with Crippen LogP contribution in [0, 0.1) is 13.8 Å². The molecule has 0 radical (unpaired) electrons. The van der Waals surface area contributed by atoms with Gasteiger partial charge in [0.2, 0.25) is 0 Å². The Morgan fingerprint density at radius 1 is 1.37 bits per heavy atom. The summed E-state index contributed by atoms with van der Waals surface area (Å²) in [5.41, 5.74) is 2.18.